The summed E-state index contributed by atoms with van der Waals surface area (Å²) in [5.74, 6) is 0.859. The molecule has 0 bridgehead atoms. The summed E-state index contributed by atoms with van der Waals surface area (Å²) >= 11 is 1.50. The van der Waals surface area contributed by atoms with E-state index in [1.807, 2.05) is 54.6 Å². The molecule has 0 amide bonds. The Balaban J connectivity index is 1.91. The van der Waals surface area contributed by atoms with Gasteiger partial charge in [0, 0.05) is 11.1 Å². The zero-order chi connectivity index (χ0) is 18.1. The molecule has 6 heteroatoms. The highest BCUT2D eigenvalue weighted by atomic mass is 32.1. The highest BCUT2D eigenvalue weighted by Gasteiger charge is 2.35. The van der Waals surface area contributed by atoms with E-state index < -0.39 is 0 Å². The van der Waals surface area contributed by atoms with E-state index >= 15 is 0 Å². The fraction of sp³-hybridized carbons (Fsp3) is 0.100. The largest absolute Gasteiger partial charge is 0.496 e. The Bertz CT molecular complexity index is 1030. The van der Waals surface area contributed by atoms with E-state index in [9.17, 15) is 5.26 Å². The summed E-state index contributed by atoms with van der Waals surface area (Å²) in [6, 6.07) is 19.7. The first-order valence-corrected chi connectivity index (χ1v) is 8.81. The number of hydrogen-bond donors (Lipinski definition) is 1. The molecule has 2 heterocycles. The molecule has 26 heavy (non-hydrogen) atoms. The Morgan fingerprint density at radius 3 is 2.62 bits per heavy atom. The molecule has 1 aromatic heterocycles. The molecule has 1 aliphatic heterocycles. The summed E-state index contributed by atoms with van der Waals surface area (Å²) in [5.41, 5.74) is 8.25. The third-order valence-electron chi connectivity index (χ3n) is 4.23. The minimum Gasteiger partial charge on any atom is -0.496 e. The quantitative estimate of drug-likeness (QED) is 0.761. The molecular weight excluding hydrogens is 346 g/mol. The van der Waals surface area contributed by atoms with Crippen molar-refractivity contribution in [2.24, 2.45) is 5.73 Å². The van der Waals surface area contributed by atoms with Gasteiger partial charge in [-0.15, -0.1) is 11.3 Å². The minimum atomic E-state index is -0.366. The van der Waals surface area contributed by atoms with Gasteiger partial charge in [0.25, 0.3) is 0 Å². The van der Waals surface area contributed by atoms with Gasteiger partial charge in [0.1, 0.15) is 22.4 Å². The lowest BCUT2D eigenvalue weighted by Gasteiger charge is -2.23. The van der Waals surface area contributed by atoms with Gasteiger partial charge in [0.2, 0.25) is 11.8 Å². The molecule has 4 rings (SSSR count). The van der Waals surface area contributed by atoms with Crippen molar-refractivity contribution < 1.29 is 9.47 Å². The van der Waals surface area contributed by atoms with Crippen LogP contribution in [-0.2, 0) is 0 Å². The number of allylic oxidation sites excluding steroid dienone is 1. The van der Waals surface area contributed by atoms with E-state index in [0.29, 0.717) is 17.2 Å². The van der Waals surface area contributed by atoms with Crippen LogP contribution in [0.4, 0.5) is 0 Å². The lowest BCUT2D eigenvalue weighted by molar-refractivity contribution is 0.378. The van der Waals surface area contributed by atoms with Gasteiger partial charge in [-0.2, -0.15) is 5.26 Å². The van der Waals surface area contributed by atoms with Crippen molar-refractivity contribution in [1.82, 2.24) is 4.98 Å². The maximum absolute atomic E-state index is 9.68. The van der Waals surface area contributed by atoms with Crippen LogP contribution in [-0.4, -0.2) is 12.1 Å². The summed E-state index contributed by atoms with van der Waals surface area (Å²) in [7, 11) is 1.61. The van der Waals surface area contributed by atoms with Gasteiger partial charge in [-0.25, -0.2) is 4.98 Å². The maximum Gasteiger partial charge on any atom is 0.236 e. The predicted octanol–water partition coefficient (Wildman–Crippen LogP) is 4.04. The number of benzene rings is 2. The van der Waals surface area contributed by atoms with Crippen molar-refractivity contribution in [3.63, 3.8) is 0 Å². The molecular formula is C20H15N3O2S. The number of nitrogens with two attached hydrogens (primary N) is 1. The lowest BCUT2D eigenvalue weighted by Crippen LogP contribution is -2.20. The van der Waals surface area contributed by atoms with Gasteiger partial charge in [0.05, 0.1) is 17.9 Å². The van der Waals surface area contributed by atoms with E-state index in [4.69, 9.17) is 15.2 Å². The number of methoxy groups -OCH3 is 1. The second-order valence-corrected chi connectivity index (χ2v) is 6.75. The molecule has 1 aliphatic rings. The molecule has 0 unspecified atom stereocenters. The van der Waals surface area contributed by atoms with Crippen molar-refractivity contribution in [2.45, 2.75) is 5.92 Å². The van der Waals surface area contributed by atoms with Crippen LogP contribution in [0.5, 0.6) is 11.6 Å². The van der Waals surface area contributed by atoms with Crippen LogP contribution in [0.15, 0.2) is 66.1 Å². The molecule has 0 radical (unpaired) electrons. The van der Waals surface area contributed by atoms with Crippen molar-refractivity contribution >= 4 is 11.3 Å². The van der Waals surface area contributed by atoms with E-state index in [1.54, 1.807) is 7.11 Å². The van der Waals surface area contributed by atoms with E-state index in [-0.39, 0.29) is 11.8 Å². The zero-order valence-corrected chi connectivity index (χ0v) is 14.8. The third kappa shape index (κ3) is 2.59. The van der Waals surface area contributed by atoms with Crippen LogP contribution >= 0.6 is 11.3 Å². The van der Waals surface area contributed by atoms with Crippen molar-refractivity contribution in [1.29, 1.82) is 5.26 Å². The second-order valence-electron chi connectivity index (χ2n) is 5.72. The molecule has 2 N–H and O–H groups in total. The Morgan fingerprint density at radius 1 is 1.15 bits per heavy atom. The fourth-order valence-electron chi connectivity index (χ4n) is 3.03. The molecule has 2 aromatic carbocycles. The van der Waals surface area contributed by atoms with Gasteiger partial charge >= 0.3 is 0 Å². The number of nitriles is 1. The fourth-order valence-corrected chi connectivity index (χ4v) is 4.16. The summed E-state index contributed by atoms with van der Waals surface area (Å²) in [5, 5.41) is 10.5. The molecule has 1 atom stereocenters. The molecule has 5 nitrogen and oxygen atoms in total. The first-order valence-electron chi connectivity index (χ1n) is 7.99. The van der Waals surface area contributed by atoms with Crippen LogP contribution in [0, 0.1) is 11.3 Å². The van der Waals surface area contributed by atoms with Crippen LogP contribution in [0.2, 0.25) is 0 Å². The standard InChI is InChI=1S/C20H15N3O2S/c1-24-15-10-6-5-9-13(15)16-14(11-21)18(22)25-19-17(16)26-20(23-19)12-7-3-2-4-8-12/h2-10,16H,22H2,1H3/t16-/m1/s1. The summed E-state index contributed by atoms with van der Waals surface area (Å²) in [4.78, 5) is 5.45. The SMILES string of the molecule is COc1ccccc1[C@@H]1C(C#N)=C(N)Oc2nc(-c3ccccc3)sc21. The normalized spacial score (nSPS) is 15.8. The number of para-hydroxylation sites is 1. The Hall–Kier alpha value is -3.30. The maximum atomic E-state index is 9.68. The summed E-state index contributed by atoms with van der Waals surface area (Å²) < 4.78 is 11.2. The van der Waals surface area contributed by atoms with E-state index in [1.165, 1.54) is 11.3 Å². The number of hydrogen-bond acceptors (Lipinski definition) is 6. The summed E-state index contributed by atoms with van der Waals surface area (Å²) in [6.45, 7) is 0. The van der Waals surface area contributed by atoms with Crippen LogP contribution in [0.3, 0.4) is 0 Å². The first kappa shape index (κ1) is 16.2. The molecule has 3 aromatic rings. The molecule has 128 valence electrons. The third-order valence-corrected chi connectivity index (χ3v) is 5.39. The van der Waals surface area contributed by atoms with Gasteiger partial charge in [-0.1, -0.05) is 48.5 Å². The number of fused-ring (bicyclic) bond motifs is 1. The van der Waals surface area contributed by atoms with Gasteiger partial charge < -0.3 is 15.2 Å². The molecule has 0 fully saturated rings. The van der Waals surface area contributed by atoms with Crippen molar-refractivity contribution in [3.8, 4) is 28.3 Å². The molecule has 0 saturated carbocycles. The zero-order valence-electron chi connectivity index (χ0n) is 14.0. The number of nitrogens with zero attached hydrogens (tertiary/aromatic N) is 2. The van der Waals surface area contributed by atoms with Crippen molar-refractivity contribution in [2.75, 3.05) is 7.11 Å². The number of thiazole rings is 1. The van der Waals surface area contributed by atoms with Crippen LogP contribution < -0.4 is 15.2 Å². The monoisotopic (exact) mass is 361 g/mol. The predicted molar refractivity (Wildman–Crippen MR) is 99.8 cm³/mol. The first-order chi connectivity index (χ1) is 12.7. The van der Waals surface area contributed by atoms with E-state index in [0.717, 1.165) is 21.0 Å². The molecule has 0 aliphatic carbocycles. The van der Waals surface area contributed by atoms with Crippen LogP contribution in [0.1, 0.15) is 16.4 Å². The summed E-state index contributed by atoms with van der Waals surface area (Å²) in [6.07, 6.45) is 0. The van der Waals surface area contributed by atoms with E-state index in [2.05, 4.69) is 11.1 Å². The highest BCUT2D eigenvalue weighted by molar-refractivity contribution is 7.15. The Kier molecular flexibility index (Phi) is 4.07. The average Bonchev–Trinajstić information content (AvgIpc) is 3.11. The van der Waals surface area contributed by atoms with Crippen molar-refractivity contribution in [3.05, 3.63) is 76.5 Å². The highest BCUT2D eigenvalue weighted by Crippen LogP contribution is 2.48. The number of ether oxygens (including phenoxy) is 2. The molecule has 0 spiro atoms. The second kappa shape index (κ2) is 6.54. The topological polar surface area (TPSA) is 81.2 Å². The lowest BCUT2D eigenvalue weighted by atomic mass is 9.89. The Labute approximate surface area is 154 Å². The smallest absolute Gasteiger partial charge is 0.236 e. The average molecular weight is 361 g/mol. The minimum absolute atomic E-state index is 0.0841. The number of aromatic nitrogens is 1. The van der Waals surface area contributed by atoms with Gasteiger partial charge in [-0.3, -0.25) is 0 Å². The van der Waals surface area contributed by atoms with Gasteiger partial charge in [-0.05, 0) is 6.07 Å². The molecule has 0 saturated heterocycles. The Morgan fingerprint density at radius 2 is 1.88 bits per heavy atom. The van der Waals surface area contributed by atoms with Gasteiger partial charge in [0.15, 0.2) is 0 Å². The number of rotatable bonds is 3. The van der Waals surface area contributed by atoms with Crippen LogP contribution in [0.25, 0.3) is 10.6 Å².